The first kappa shape index (κ1) is 23.6. The van der Waals surface area contributed by atoms with E-state index >= 15 is 0 Å². The normalized spacial score (nSPS) is 10.8. The molecule has 10 heteroatoms. The molecule has 0 unspecified atom stereocenters. The van der Waals surface area contributed by atoms with Crippen LogP contribution in [0.4, 0.5) is 13.2 Å². The van der Waals surface area contributed by atoms with Crippen molar-refractivity contribution >= 4 is 16.7 Å². The minimum absolute atomic E-state index is 0.120. The maximum atomic E-state index is 10.6. The first-order valence-corrected chi connectivity index (χ1v) is 8.76. The Balaban J connectivity index is 0.000000423. The fourth-order valence-electron chi connectivity index (χ4n) is 2.74. The molecule has 0 spiro atoms. The van der Waals surface area contributed by atoms with Crippen molar-refractivity contribution in [3.63, 3.8) is 0 Å². The molecular weight excluding hydrogens is 419 g/mol. The molecule has 31 heavy (non-hydrogen) atoms. The molecule has 0 amide bonds. The standard InChI is InChI=1S/C19H19NO4.C2HF3O2/c1-22-17-5-4-12(9-16(17)21)8-15-14-11-19(24-3)18(23-2)10-13(14)6-7-20-15;3-2(4,5)1(6)7/h4-7,9-11,21H,8H2,1-3H3;(H,6,7). The number of ether oxygens (including phenoxy) is 3. The Morgan fingerprint density at radius 2 is 1.55 bits per heavy atom. The predicted molar refractivity (Wildman–Crippen MR) is 106 cm³/mol. The quantitative estimate of drug-likeness (QED) is 0.615. The van der Waals surface area contributed by atoms with Crippen molar-refractivity contribution in [2.45, 2.75) is 12.6 Å². The molecule has 0 saturated heterocycles. The molecule has 0 aliphatic rings. The number of rotatable bonds is 5. The van der Waals surface area contributed by atoms with Crippen LogP contribution in [0.15, 0.2) is 42.6 Å². The van der Waals surface area contributed by atoms with Gasteiger partial charge in [0.1, 0.15) is 0 Å². The van der Waals surface area contributed by atoms with Crippen LogP contribution >= 0.6 is 0 Å². The number of phenolic OH excluding ortho intramolecular Hbond substituents is 1. The Morgan fingerprint density at radius 3 is 2.06 bits per heavy atom. The van der Waals surface area contributed by atoms with Gasteiger partial charge in [0, 0.05) is 18.0 Å². The van der Waals surface area contributed by atoms with Gasteiger partial charge >= 0.3 is 12.1 Å². The molecule has 0 atom stereocenters. The van der Waals surface area contributed by atoms with Crippen molar-refractivity contribution in [1.29, 1.82) is 0 Å². The maximum Gasteiger partial charge on any atom is 0.490 e. The van der Waals surface area contributed by atoms with Crippen LogP contribution in [0.3, 0.4) is 0 Å². The van der Waals surface area contributed by atoms with Crippen molar-refractivity contribution in [3.05, 3.63) is 53.9 Å². The molecule has 2 N–H and O–H groups in total. The zero-order chi connectivity index (χ0) is 23.2. The lowest BCUT2D eigenvalue weighted by molar-refractivity contribution is -0.192. The van der Waals surface area contributed by atoms with Gasteiger partial charge in [-0.05, 0) is 41.3 Å². The van der Waals surface area contributed by atoms with Gasteiger partial charge in [0.25, 0.3) is 0 Å². The van der Waals surface area contributed by atoms with Gasteiger partial charge in [0.15, 0.2) is 23.0 Å². The van der Waals surface area contributed by atoms with Crippen LogP contribution in [0, 0.1) is 0 Å². The molecular formula is C21H20F3NO6. The molecule has 1 aromatic heterocycles. The fraction of sp³-hybridized carbons (Fsp3) is 0.238. The number of fused-ring (bicyclic) bond motifs is 1. The molecule has 0 aliphatic carbocycles. The van der Waals surface area contributed by atoms with E-state index in [4.69, 9.17) is 24.1 Å². The smallest absolute Gasteiger partial charge is 0.490 e. The van der Waals surface area contributed by atoms with Crippen molar-refractivity contribution in [3.8, 4) is 23.0 Å². The molecule has 0 radical (unpaired) electrons. The topological polar surface area (TPSA) is 98.1 Å². The van der Waals surface area contributed by atoms with E-state index in [9.17, 15) is 18.3 Å². The lowest BCUT2D eigenvalue weighted by atomic mass is 10.0. The summed E-state index contributed by atoms with van der Waals surface area (Å²) in [6.45, 7) is 0. The summed E-state index contributed by atoms with van der Waals surface area (Å²) in [6.07, 6.45) is -2.72. The number of hydrogen-bond donors (Lipinski definition) is 2. The van der Waals surface area contributed by atoms with E-state index in [-0.39, 0.29) is 5.75 Å². The van der Waals surface area contributed by atoms with Gasteiger partial charge in [0.2, 0.25) is 0 Å². The summed E-state index contributed by atoms with van der Waals surface area (Å²) in [5, 5.41) is 19.1. The molecule has 1 heterocycles. The van der Waals surface area contributed by atoms with Crippen LogP contribution in [0.5, 0.6) is 23.0 Å². The van der Waals surface area contributed by atoms with E-state index < -0.39 is 12.1 Å². The Morgan fingerprint density at radius 1 is 0.968 bits per heavy atom. The van der Waals surface area contributed by atoms with Crippen LogP contribution < -0.4 is 14.2 Å². The molecule has 7 nitrogen and oxygen atoms in total. The third-order valence-electron chi connectivity index (χ3n) is 4.21. The number of carboxylic acids is 1. The zero-order valence-corrected chi connectivity index (χ0v) is 16.9. The highest BCUT2D eigenvalue weighted by Crippen LogP contribution is 2.34. The SMILES string of the molecule is COc1ccc(Cc2nccc3cc(OC)c(OC)cc23)cc1O.O=C(O)C(F)(F)F. The van der Waals surface area contributed by atoms with Crippen molar-refractivity contribution in [2.24, 2.45) is 0 Å². The first-order valence-electron chi connectivity index (χ1n) is 8.76. The van der Waals surface area contributed by atoms with E-state index in [2.05, 4.69) is 4.98 Å². The third-order valence-corrected chi connectivity index (χ3v) is 4.21. The summed E-state index contributed by atoms with van der Waals surface area (Å²) >= 11 is 0. The average molecular weight is 439 g/mol. The average Bonchev–Trinajstić information content (AvgIpc) is 2.73. The zero-order valence-electron chi connectivity index (χ0n) is 16.9. The lowest BCUT2D eigenvalue weighted by Crippen LogP contribution is -2.21. The molecule has 3 aromatic rings. The van der Waals surface area contributed by atoms with Gasteiger partial charge in [-0.25, -0.2) is 4.79 Å². The Kier molecular flexibility index (Phi) is 7.51. The fourth-order valence-corrected chi connectivity index (χ4v) is 2.74. The van der Waals surface area contributed by atoms with Crippen molar-refractivity contribution in [2.75, 3.05) is 21.3 Å². The molecule has 0 aliphatic heterocycles. The second-order valence-electron chi connectivity index (χ2n) is 6.17. The molecule has 0 bridgehead atoms. The van der Waals surface area contributed by atoms with E-state index in [1.807, 2.05) is 24.3 Å². The number of carboxylic acid groups (broad SMARTS) is 1. The van der Waals surface area contributed by atoms with Crippen LogP contribution in [0.25, 0.3) is 10.8 Å². The summed E-state index contributed by atoms with van der Waals surface area (Å²) in [5.41, 5.74) is 1.85. The monoisotopic (exact) mass is 439 g/mol. The summed E-state index contributed by atoms with van der Waals surface area (Å²) in [4.78, 5) is 13.4. The predicted octanol–water partition coefficient (Wildman–Crippen LogP) is 4.19. The number of phenols is 1. The van der Waals surface area contributed by atoms with Crippen LogP contribution in [0.2, 0.25) is 0 Å². The summed E-state index contributed by atoms with van der Waals surface area (Å²) in [7, 11) is 4.76. The summed E-state index contributed by atoms with van der Waals surface area (Å²) in [6, 6.07) is 11.2. The van der Waals surface area contributed by atoms with Crippen LogP contribution in [-0.2, 0) is 11.2 Å². The molecule has 2 aromatic carbocycles. The number of hydrogen-bond acceptors (Lipinski definition) is 6. The number of methoxy groups -OCH3 is 3. The number of carbonyl (C=O) groups is 1. The summed E-state index contributed by atoms with van der Waals surface area (Å²) in [5.74, 6) is -0.834. The van der Waals surface area contributed by atoms with Crippen molar-refractivity contribution in [1.82, 2.24) is 4.98 Å². The second kappa shape index (κ2) is 9.88. The highest BCUT2D eigenvalue weighted by atomic mass is 19.4. The van der Waals surface area contributed by atoms with Gasteiger partial charge in [-0.2, -0.15) is 13.2 Å². The van der Waals surface area contributed by atoms with E-state index in [0.717, 1.165) is 22.0 Å². The number of benzene rings is 2. The molecule has 3 rings (SSSR count). The minimum atomic E-state index is -5.08. The number of aromatic hydroxyl groups is 1. The van der Waals surface area contributed by atoms with E-state index in [0.29, 0.717) is 23.7 Å². The molecule has 0 saturated carbocycles. The number of nitrogens with zero attached hydrogens (tertiary/aromatic N) is 1. The van der Waals surface area contributed by atoms with Crippen LogP contribution in [0.1, 0.15) is 11.3 Å². The van der Waals surface area contributed by atoms with Gasteiger partial charge in [-0.3, -0.25) is 4.98 Å². The number of alkyl halides is 3. The minimum Gasteiger partial charge on any atom is -0.504 e. The lowest BCUT2D eigenvalue weighted by Gasteiger charge is -2.12. The molecule has 166 valence electrons. The highest BCUT2D eigenvalue weighted by Gasteiger charge is 2.38. The van der Waals surface area contributed by atoms with E-state index in [1.165, 1.54) is 7.11 Å². The number of halogens is 3. The largest absolute Gasteiger partial charge is 0.504 e. The number of aromatic nitrogens is 1. The Labute approximate surface area is 175 Å². The number of aliphatic carboxylic acids is 1. The van der Waals surface area contributed by atoms with Crippen LogP contribution in [-0.4, -0.2) is 48.7 Å². The van der Waals surface area contributed by atoms with Crippen molar-refractivity contribution < 1.29 is 42.4 Å². The third kappa shape index (κ3) is 5.91. The number of pyridine rings is 1. The molecule has 0 fully saturated rings. The Hall–Kier alpha value is -3.69. The Bertz CT molecular complexity index is 1070. The second-order valence-corrected chi connectivity index (χ2v) is 6.17. The van der Waals surface area contributed by atoms with Gasteiger partial charge < -0.3 is 24.4 Å². The van der Waals surface area contributed by atoms with Gasteiger partial charge in [-0.15, -0.1) is 0 Å². The first-order chi connectivity index (χ1) is 14.6. The van der Waals surface area contributed by atoms with Gasteiger partial charge in [0.05, 0.1) is 27.0 Å². The van der Waals surface area contributed by atoms with E-state index in [1.54, 1.807) is 32.5 Å². The highest BCUT2D eigenvalue weighted by molar-refractivity contribution is 5.88. The summed E-state index contributed by atoms with van der Waals surface area (Å²) < 4.78 is 47.6. The maximum absolute atomic E-state index is 10.6. The van der Waals surface area contributed by atoms with Gasteiger partial charge in [-0.1, -0.05) is 6.07 Å².